The molecule has 2 N–H and O–H groups in total. The van der Waals surface area contributed by atoms with Gasteiger partial charge in [-0.15, -0.1) is 12.8 Å². The largest absolute Gasteiger partial charge is 0.377 e. The van der Waals surface area contributed by atoms with Crippen LogP contribution in [0.15, 0.2) is 47.6 Å². The fourth-order valence-corrected chi connectivity index (χ4v) is 13.9. The van der Waals surface area contributed by atoms with Crippen molar-refractivity contribution in [2.45, 2.75) is 149 Å². The molecule has 268 valence electrons. The minimum absolute atomic E-state index is 0. The lowest BCUT2D eigenvalue weighted by Gasteiger charge is -2.56. The highest BCUT2D eigenvalue weighted by Crippen LogP contribution is 2.68. The third-order valence-corrected chi connectivity index (χ3v) is 16.0. The van der Waals surface area contributed by atoms with Gasteiger partial charge >= 0.3 is 0 Å². The first-order valence-electron chi connectivity index (χ1n) is 19.2. The molecular formula is C46H66O3. The van der Waals surface area contributed by atoms with Gasteiger partial charge in [0.2, 0.25) is 0 Å². The van der Waals surface area contributed by atoms with Gasteiger partial charge < -0.3 is 10.2 Å². The van der Waals surface area contributed by atoms with E-state index in [0.717, 1.165) is 76.5 Å². The summed E-state index contributed by atoms with van der Waals surface area (Å²) in [6, 6.07) is 0. The average Bonchev–Trinajstić information content (AvgIpc) is 3.56. The number of allylic oxidation sites excluding steroid dienone is 5. The second-order valence-corrected chi connectivity index (χ2v) is 17.1. The summed E-state index contributed by atoms with van der Waals surface area (Å²) in [4.78, 5) is 11.8. The van der Waals surface area contributed by atoms with Crippen molar-refractivity contribution in [1.29, 1.82) is 0 Å². The molecule has 6 saturated carbocycles. The van der Waals surface area contributed by atoms with Crippen LogP contribution in [-0.4, -0.2) is 27.2 Å². The number of rotatable bonds is 2. The highest BCUT2D eigenvalue weighted by Gasteiger charge is 2.65. The highest BCUT2D eigenvalue weighted by molar-refractivity contribution is 5.91. The van der Waals surface area contributed by atoms with Gasteiger partial charge in [-0.25, -0.2) is 0 Å². The predicted molar refractivity (Wildman–Crippen MR) is 203 cm³/mol. The number of ketones is 1. The van der Waals surface area contributed by atoms with E-state index < -0.39 is 11.2 Å². The zero-order chi connectivity index (χ0) is 33.4. The van der Waals surface area contributed by atoms with Gasteiger partial charge in [-0.2, -0.15) is 0 Å². The van der Waals surface area contributed by atoms with Crippen molar-refractivity contribution in [2.24, 2.45) is 58.2 Å². The molecule has 12 atom stereocenters. The minimum atomic E-state index is -0.973. The molecule has 3 nitrogen and oxygen atoms in total. The summed E-state index contributed by atoms with van der Waals surface area (Å²) in [5, 5.41) is 22.4. The lowest BCUT2D eigenvalue weighted by Crippen LogP contribution is -2.54. The second kappa shape index (κ2) is 13.7. The minimum Gasteiger partial charge on any atom is -0.377 e. The average molecular weight is 667 g/mol. The van der Waals surface area contributed by atoms with Crippen molar-refractivity contribution in [3.05, 3.63) is 47.6 Å². The predicted octanol–water partition coefficient (Wildman–Crippen LogP) is 10.2. The van der Waals surface area contributed by atoms with Crippen molar-refractivity contribution in [3.63, 3.8) is 0 Å². The number of hydrogen-bond donors (Lipinski definition) is 2. The molecule has 49 heavy (non-hydrogen) atoms. The summed E-state index contributed by atoms with van der Waals surface area (Å²) in [6.07, 6.45) is 33.7. The van der Waals surface area contributed by atoms with Crippen LogP contribution < -0.4 is 0 Å². The van der Waals surface area contributed by atoms with Crippen molar-refractivity contribution >= 4 is 5.78 Å². The molecule has 0 bridgehead atoms. The molecule has 3 heteroatoms. The Bertz CT molecular complexity index is 1480. The van der Waals surface area contributed by atoms with Gasteiger partial charge in [0.15, 0.2) is 5.78 Å². The van der Waals surface area contributed by atoms with E-state index in [-0.39, 0.29) is 25.7 Å². The molecule has 8 aliphatic carbocycles. The summed E-state index contributed by atoms with van der Waals surface area (Å²) in [5.74, 6) is 10.6. The molecule has 0 aromatic carbocycles. The monoisotopic (exact) mass is 667 g/mol. The van der Waals surface area contributed by atoms with Crippen molar-refractivity contribution in [1.82, 2.24) is 0 Å². The maximum Gasteiger partial charge on any atom is 0.155 e. The molecule has 0 saturated heterocycles. The molecule has 8 aliphatic rings. The first-order chi connectivity index (χ1) is 22.5. The second-order valence-electron chi connectivity index (χ2n) is 17.1. The van der Waals surface area contributed by atoms with Crippen LogP contribution in [0.5, 0.6) is 0 Å². The van der Waals surface area contributed by atoms with Crippen LogP contribution >= 0.6 is 0 Å². The normalized spacial score (nSPS) is 46.0. The van der Waals surface area contributed by atoms with E-state index >= 15 is 0 Å². The quantitative estimate of drug-likeness (QED) is 0.228. The fraction of sp³-hybridized carbons (Fsp3) is 0.717. The van der Waals surface area contributed by atoms with E-state index in [0.29, 0.717) is 53.6 Å². The van der Waals surface area contributed by atoms with Crippen LogP contribution in [-0.2, 0) is 4.79 Å². The van der Waals surface area contributed by atoms with E-state index in [1.54, 1.807) is 5.57 Å². The summed E-state index contributed by atoms with van der Waals surface area (Å²) in [7, 11) is 0. The van der Waals surface area contributed by atoms with E-state index in [4.69, 9.17) is 12.8 Å². The summed E-state index contributed by atoms with van der Waals surface area (Å²) in [5.41, 5.74) is 3.55. The van der Waals surface area contributed by atoms with E-state index in [1.165, 1.54) is 48.8 Å². The Labute approximate surface area is 299 Å². The number of aliphatic hydroxyl groups is 2. The van der Waals surface area contributed by atoms with Crippen LogP contribution in [0.25, 0.3) is 0 Å². The van der Waals surface area contributed by atoms with Crippen LogP contribution in [0.1, 0.15) is 138 Å². The number of fused-ring (bicyclic) bond motifs is 10. The molecule has 0 radical (unpaired) electrons. The van der Waals surface area contributed by atoms with E-state index in [2.05, 4.69) is 44.9 Å². The molecule has 0 amide bonds. The zero-order valence-electron chi connectivity index (χ0n) is 29.2. The first-order valence-corrected chi connectivity index (χ1v) is 19.2. The molecule has 0 aromatic rings. The van der Waals surface area contributed by atoms with Crippen molar-refractivity contribution in [3.8, 4) is 24.7 Å². The molecule has 0 spiro atoms. The molecular weight excluding hydrogens is 601 g/mol. The van der Waals surface area contributed by atoms with Gasteiger partial charge in [-0.1, -0.05) is 82.1 Å². The van der Waals surface area contributed by atoms with Gasteiger partial charge in [0.05, 0.1) is 0 Å². The topological polar surface area (TPSA) is 57.5 Å². The van der Waals surface area contributed by atoms with Gasteiger partial charge in [0, 0.05) is 17.3 Å². The molecule has 0 aromatic heterocycles. The third-order valence-electron chi connectivity index (χ3n) is 16.0. The number of hydrogen-bond acceptors (Lipinski definition) is 3. The molecule has 0 aliphatic heterocycles. The summed E-state index contributed by atoms with van der Waals surface area (Å²) in [6.45, 7) is 13.4. The molecule has 0 heterocycles. The molecule has 6 fully saturated rings. The van der Waals surface area contributed by atoms with Gasteiger partial charge in [0.1, 0.15) is 11.2 Å². The van der Waals surface area contributed by atoms with Crippen LogP contribution in [0.4, 0.5) is 0 Å². The Morgan fingerprint density at radius 1 is 0.755 bits per heavy atom. The number of terminal acetylenes is 2. The van der Waals surface area contributed by atoms with E-state index in [1.807, 2.05) is 6.08 Å². The Balaban J connectivity index is 0.000000184. The maximum absolute atomic E-state index is 11.8. The summed E-state index contributed by atoms with van der Waals surface area (Å²) < 4.78 is 0. The first kappa shape index (κ1) is 37.9. The smallest absolute Gasteiger partial charge is 0.155 e. The number of carbonyl (C=O) groups is 1. The van der Waals surface area contributed by atoms with Gasteiger partial charge in [-0.3, -0.25) is 4.79 Å². The molecule has 8 rings (SSSR count). The molecule has 8 unspecified atom stereocenters. The Kier molecular flexibility index (Phi) is 10.6. The van der Waals surface area contributed by atoms with Crippen molar-refractivity contribution < 1.29 is 15.0 Å². The van der Waals surface area contributed by atoms with Gasteiger partial charge in [0.25, 0.3) is 0 Å². The van der Waals surface area contributed by atoms with E-state index in [9.17, 15) is 15.0 Å². The Morgan fingerprint density at radius 3 is 1.73 bits per heavy atom. The van der Waals surface area contributed by atoms with Gasteiger partial charge in [-0.05, 0) is 156 Å². The standard InChI is InChI=1S/C22H28O2.C22H30O.2CH4/c1-4-21-13-14(3)20-17-9-7-16(23)12-15(17)6-8-18(20)19(21)10-11-22(21,24)5-2;1-4-21-14-15(3)20-17-9-7-6-8-16(17)10-11-18(20)19(21)12-13-22(21,23)5-2;;/h2,12,17-20,24H,3-4,6-11,13H2,1H3;2,8,17-20,23H,3-4,6-7,9-14H2,1H3;2*1H4/t2*17?,18?,19?,20?,21-,22-;;/m00../s1. The third kappa shape index (κ3) is 5.34. The Hall–Kier alpha value is -2.33. The van der Waals surface area contributed by atoms with Crippen LogP contribution in [0.2, 0.25) is 0 Å². The zero-order valence-corrected chi connectivity index (χ0v) is 29.2. The lowest BCUT2D eigenvalue weighted by molar-refractivity contribution is -0.116. The SMILES string of the molecule is C.C.C#C[C@]1(O)CCC2C3CCC4=CC(=O)CCC4C3C(=C)C[C@@]21CC.C#C[C@]1(O)CCC2C3CCC4=CCCCC4C3C(=C)C[C@@]21CC. The van der Waals surface area contributed by atoms with Crippen LogP contribution in [0.3, 0.4) is 0 Å². The number of carbonyl (C=O) groups excluding carboxylic acids is 1. The maximum atomic E-state index is 11.8. The van der Waals surface area contributed by atoms with Crippen LogP contribution in [0, 0.1) is 82.9 Å². The highest BCUT2D eigenvalue weighted by atomic mass is 16.3. The summed E-state index contributed by atoms with van der Waals surface area (Å²) >= 11 is 0. The van der Waals surface area contributed by atoms with Crippen molar-refractivity contribution in [2.75, 3.05) is 0 Å². The lowest BCUT2D eigenvalue weighted by atomic mass is 9.48. The Morgan fingerprint density at radius 2 is 1.24 bits per heavy atom. The fourth-order valence-electron chi connectivity index (χ4n) is 13.9.